The number of aromatic nitrogens is 2. The summed E-state index contributed by atoms with van der Waals surface area (Å²) < 4.78 is 7.98. The number of nitrogens with zero attached hydrogens (tertiary/aromatic N) is 3. The van der Waals surface area contributed by atoms with E-state index in [0.717, 1.165) is 16.0 Å². The molecule has 7 nitrogen and oxygen atoms in total. The molecule has 0 spiro atoms. The molecule has 2 amide bonds. The fourth-order valence-electron chi connectivity index (χ4n) is 2.32. The lowest BCUT2D eigenvalue weighted by atomic mass is 10.3. The third-order valence-corrected chi connectivity index (χ3v) is 6.14. The average molecular weight is 433 g/mol. The van der Waals surface area contributed by atoms with Crippen molar-refractivity contribution < 1.29 is 14.3 Å². The molecule has 0 fully saturated rings. The van der Waals surface area contributed by atoms with E-state index in [1.807, 2.05) is 22.8 Å². The number of thioether (sulfide) groups is 1. The number of ether oxygens (including phenoxy) is 1. The first-order valence-corrected chi connectivity index (χ1v) is 10.9. The van der Waals surface area contributed by atoms with Crippen molar-refractivity contribution in [3.63, 3.8) is 0 Å². The van der Waals surface area contributed by atoms with Gasteiger partial charge in [-0.15, -0.1) is 29.5 Å². The molecular weight excluding hydrogens is 416 g/mol. The van der Waals surface area contributed by atoms with E-state index in [4.69, 9.17) is 11.2 Å². The van der Waals surface area contributed by atoms with Crippen LogP contribution in [0.1, 0.15) is 0 Å². The Kier molecular flexibility index (Phi) is 6.86. The zero-order chi connectivity index (χ0) is 19.9. The predicted molar refractivity (Wildman–Crippen MR) is 114 cm³/mol. The monoisotopic (exact) mass is 432 g/mol. The molecule has 2 heterocycles. The second-order valence-corrected chi connectivity index (χ2v) is 8.28. The van der Waals surface area contributed by atoms with Crippen LogP contribution < -0.4 is 14.9 Å². The summed E-state index contributed by atoms with van der Waals surface area (Å²) in [4.78, 5) is 32.8. The maximum Gasteiger partial charge on any atom is 0.258 e. The average Bonchev–Trinajstić information content (AvgIpc) is 3.29. The highest BCUT2D eigenvalue weighted by Crippen LogP contribution is 2.23. The maximum absolute atomic E-state index is 12.3. The number of terminal acetylenes is 1. The van der Waals surface area contributed by atoms with Crippen LogP contribution in [0, 0.1) is 12.3 Å². The predicted octanol–water partition coefficient (Wildman–Crippen LogP) is 2.60. The molecule has 1 aromatic carbocycles. The molecule has 0 aliphatic heterocycles. The fraction of sp³-hybridized carbons (Fsp3) is 0.222. The van der Waals surface area contributed by atoms with E-state index in [-0.39, 0.29) is 23.3 Å². The Morgan fingerprint density at radius 3 is 3.00 bits per heavy atom. The Morgan fingerprint density at radius 2 is 2.29 bits per heavy atom. The SMILES string of the molecule is C#CCn1c(=NC(=O)CSCC(=O)Nc2nccs2)sc2cc(OC)ccc21. The molecule has 10 heteroatoms. The number of carbonyl (C=O) groups is 2. The van der Waals surface area contributed by atoms with Gasteiger partial charge in [0.2, 0.25) is 5.91 Å². The number of amides is 2. The molecule has 0 saturated heterocycles. The molecule has 0 radical (unpaired) electrons. The minimum Gasteiger partial charge on any atom is -0.497 e. The van der Waals surface area contributed by atoms with E-state index in [0.29, 0.717) is 16.5 Å². The highest BCUT2D eigenvalue weighted by atomic mass is 32.2. The number of methoxy groups -OCH3 is 1. The Bertz CT molecular complexity index is 1090. The summed E-state index contributed by atoms with van der Waals surface area (Å²) in [5.41, 5.74) is 0.894. The zero-order valence-electron chi connectivity index (χ0n) is 14.9. The van der Waals surface area contributed by atoms with E-state index in [1.54, 1.807) is 18.7 Å². The normalized spacial score (nSPS) is 11.4. The van der Waals surface area contributed by atoms with Gasteiger partial charge in [-0.1, -0.05) is 17.3 Å². The number of rotatable bonds is 7. The summed E-state index contributed by atoms with van der Waals surface area (Å²) in [6, 6.07) is 5.61. The van der Waals surface area contributed by atoms with Gasteiger partial charge in [-0.2, -0.15) is 4.99 Å². The van der Waals surface area contributed by atoms with E-state index in [1.165, 1.54) is 34.4 Å². The van der Waals surface area contributed by atoms with Gasteiger partial charge in [-0.25, -0.2) is 4.98 Å². The number of hydrogen-bond acceptors (Lipinski definition) is 7. The van der Waals surface area contributed by atoms with Gasteiger partial charge in [0.1, 0.15) is 5.75 Å². The number of benzene rings is 1. The summed E-state index contributed by atoms with van der Waals surface area (Å²) in [6.45, 7) is 0.307. The van der Waals surface area contributed by atoms with E-state index < -0.39 is 0 Å². The number of thiazole rings is 2. The van der Waals surface area contributed by atoms with E-state index in [9.17, 15) is 9.59 Å². The van der Waals surface area contributed by atoms with Gasteiger partial charge < -0.3 is 14.6 Å². The summed E-state index contributed by atoms with van der Waals surface area (Å²) in [5.74, 6) is 3.03. The van der Waals surface area contributed by atoms with Gasteiger partial charge in [-0.3, -0.25) is 9.59 Å². The highest BCUT2D eigenvalue weighted by Gasteiger charge is 2.10. The van der Waals surface area contributed by atoms with E-state index in [2.05, 4.69) is 21.2 Å². The lowest BCUT2D eigenvalue weighted by Gasteiger charge is -2.02. The van der Waals surface area contributed by atoms with Gasteiger partial charge in [0.25, 0.3) is 5.91 Å². The van der Waals surface area contributed by atoms with Gasteiger partial charge in [-0.05, 0) is 18.2 Å². The van der Waals surface area contributed by atoms with Crippen LogP contribution in [-0.2, 0) is 16.1 Å². The number of anilines is 1. The summed E-state index contributed by atoms with van der Waals surface area (Å²) >= 11 is 3.91. The van der Waals surface area contributed by atoms with Crippen LogP contribution in [0.15, 0.2) is 34.8 Å². The molecule has 3 aromatic rings. The van der Waals surface area contributed by atoms with Crippen LogP contribution in [0.2, 0.25) is 0 Å². The quantitative estimate of drug-likeness (QED) is 0.580. The summed E-state index contributed by atoms with van der Waals surface area (Å²) in [5, 5.41) is 4.98. The van der Waals surface area contributed by atoms with E-state index >= 15 is 0 Å². The van der Waals surface area contributed by atoms with Crippen molar-refractivity contribution in [1.82, 2.24) is 9.55 Å². The molecule has 1 N–H and O–H groups in total. The topological polar surface area (TPSA) is 85.6 Å². The van der Waals surface area contributed by atoms with Crippen LogP contribution in [-0.4, -0.2) is 40.0 Å². The molecular formula is C18H16N4O3S3. The van der Waals surface area contributed by atoms with Crippen molar-refractivity contribution in [1.29, 1.82) is 0 Å². The van der Waals surface area contributed by atoms with Crippen LogP contribution >= 0.6 is 34.4 Å². The van der Waals surface area contributed by atoms with Gasteiger partial charge >= 0.3 is 0 Å². The molecule has 0 atom stereocenters. The Hall–Kier alpha value is -2.61. The van der Waals surface area contributed by atoms with Crippen molar-refractivity contribution in [3.8, 4) is 18.1 Å². The maximum atomic E-state index is 12.3. The van der Waals surface area contributed by atoms with Crippen LogP contribution in [0.25, 0.3) is 10.2 Å². The smallest absolute Gasteiger partial charge is 0.258 e. The van der Waals surface area contributed by atoms with Crippen LogP contribution in [0.3, 0.4) is 0 Å². The minimum absolute atomic E-state index is 0.0961. The lowest BCUT2D eigenvalue weighted by molar-refractivity contribution is -0.115. The second kappa shape index (κ2) is 9.54. The molecule has 3 rings (SSSR count). The number of carbonyl (C=O) groups excluding carboxylic acids is 2. The number of hydrogen-bond donors (Lipinski definition) is 1. The van der Waals surface area contributed by atoms with Gasteiger partial charge in [0.15, 0.2) is 9.93 Å². The van der Waals surface area contributed by atoms with Gasteiger partial charge in [0, 0.05) is 11.6 Å². The number of nitrogens with one attached hydrogen (secondary N) is 1. The molecule has 0 bridgehead atoms. The lowest BCUT2D eigenvalue weighted by Crippen LogP contribution is -2.18. The van der Waals surface area contributed by atoms with Crippen molar-refractivity contribution in [3.05, 3.63) is 34.6 Å². The Labute approximate surface area is 173 Å². The first kappa shape index (κ1) is 20.1. The zero-order valence-corrected chi connectivity index (χ0v) is 17.3. The summed E-state index contributed by atoms with van der Waals surface area (Å²) in [7, 11) is 1.60. The standard InChI is InChI=1S/C18H16N4O3S3/c1-3-7-22-13-5-4-12(25-2)9-14(13)28-18(22)21-16(24)11-26-10-15(23)20-17-19-6-8-27-17/h1,4-6,8-9H,7,10-11H2,2H3,(H,19,20,23). The second-order valence-electron chi connectivity index (χ2n) is 5.39. The van der Waals surface area contributed by atoms with Crippen molar-refractivity contribution in [2.45, 2.75) is 6.54 Å². The van der Waals surface area contributed by atoms with Crippen molar-refractivity contribution in [2.24, 2.45) is 4.99 Å². The largest absolute Gasteiger partial charge is 0.497 e. The van der Waals surface area contributed by atoms with Crippen LogP contribution in [0.4, 0.5) is 5.13 Å². The molecule has 0 unspecified atom stereocenters. The number of fused-ring (bicyclic) bond motifs is 1. The first-order valence-electron chi connectivity index (χ1n) is 8.06. The third-order valence-electron chi connectivity index (χ3n) is 3.50. The van der Waals surface area contributed by atoms with Gasteiger partial charge in [0.05, 0.1) is 35.4 Å². The van der Waals surface area contributed by atoms with Crippen LogP contribution in [0.5, 0.6) is 5.75 Å². The summed E-state index contributed by atoms with van der Waals surface area (Å²) in [6.07, 6.45) is 7.08. The fourth-order valence-corrected chi connectivity index (χ4v) is 4.54. The highest BCUT2D eigenvalue weighted by molar-refractivity contribution is 8.00. The molecule has 28 heavy (non-hydrogen) atoms. The third kappa shape index (κ3) is 5.01. The minimum atomic E-state index is -0.323. The van der Waals surface area contributed by atoms with Crippen molar-refractivity contribution in [2.75, 3.05) is 23.9 Å². The molecule has 0 saturated carbocycles. The Morgan fingerprint density at radius 1 is 1.43 bits per heavy atom. The first-order chi connectivity index (χ1) is 13.6. The molecule has 0 aliphatic rings. The Balaban J connectivity index is 1.68. The molecule has 144 valence electrons. The molecule has 0 aliphatic carbocycles. The molecule has 2 aromatic heterocycles. The van der Waals surface area contributed by atoms with Crippen molar-refractivity contribution >= 4 is 61.6 Å².